The van der Waals surface area contributed by atoms with Crippen molar-refractivity contribution in [3.05, 3.63) is 52.8 Å². The van der Waals surface area contributed by atoms with E-state index in [4.69, 9.17) is 5.73 Å². The maximum atomic E-state index is 6.41. The number of rotatable bonds is 2. The molecule has 1 aliphatic carbocycles. The summed E-state index contributed by atoms with van der Waals surface area (Å²) in [5.41, 5.74) is 13.4. The Hall–Kier alpha value is -1.54. The molecule has 2 nitrogen and oxygen atoms in total. The third-order valence-electron chi connectivity index (χ3n) is 4.74. The second-order valence-electron chi connectivity index (χ2n) is 7.19. The Bertz CT molecular complexity index is 647. The van der Waals surface area contributed by atoms with E-state index in [9.17, 15) is 0 Å². The van der Waals surface area contributed by atoms with Crippen LogP contribution in [0.4, 0.5) is 0 Å². The summed E-state index contributed by atoms with van der Waals surface area (Å²) in [6.07, 6.45) is 3.25. The molecule has 0 spiro atoms. The highest BCUT2D eigenvalue weighted by Crippen LogP contribution is 2.41. The van der Waals surface area contributed by atoms with Gasteiger partial charge in [-0.1, -0.05) is 32.9 Å². The van der Waals surface area contributed by atoms with Gasteiger partial charge in [0.05, 0.1) is 0 Å². The lowest BCUT2D eigenvalue weighted by atomic mass is 9.74. The van der Waals surface area contributed by atoms with E-state index in [0.717, 1.165) is 19.3 Å². The van der Waals surface area contributed by atoms with E-state index in [1.807, 2.05) is 0 Å². The Kier molecular flexibility index (Phi) is 3.45. The van der Waals surface area contributed by atoms with Crippen molar-refractivity contribution >= 4 is 0 Å². The third kappa shape index (κ3) is 2.53. The number of hydrogen-bond acceptors (Lipinski definition) is 1. The summed E-state index contributed by atoms with van der Waals surface area (Å²) in [7, 11) is 0. The molecule has 2 heteroatoms. The van der Waals surface area contributed by atoms with E-state index in [-0.39, 0.29) is 11.5 Å². The first-order valence-electron chi connectivity index (χ1n) is 7.97. The fraction of sp³-hybridized carbons (Fsp3) is 0.474. The normalized spacial score (nSPS) is 20.3. The van der Waals surface area contributed by atoms with Crippen molar-refractivity contribution in [2.45, 2.75) is 53.0 Å². The molecule has 1 aliphatic rings. The summed E-state index contributed by atoms with van der Waals surface area (Å²) < 4.78 is 2.40. The van der Waals surface area contributed by atoms with Gasteiger partial charge in [-0.2, -0.15) is 0 Å². The molecule has 0 saturated carbocycles. The van der Waals surface area contributed by atoms with Gasteiger partial charge in [0.2, 0.25) is 0 Å². The van der Waals surface area contributed by atoms with Gasteiger partial charge in [-0.15, -0.1) is 0 Å². The van der Waals surface area contributed by atoms with Gasteiger partial charge in [0.1, 0.15) is 0 Å². The van der Waals surface area contributed by atoms with Crippen LogP contribution in [0.25, 0.3) is 5.69 Å². The summed E-state index contributed by atoms with van der Waals surface area (Å²) in [4.78, 5) is 0. The zero-order chi connectivity index (χ0) is 15.2. The SMILES string of the molecule is CCc1ccc(-n2c(C)cc3c2CC(C)(C)CC3N)cc1. The van der Waals surface area contributed by atoms with Crippen LogP contribution in [0.5, 0.6) is 0 Å². The van der Waals surface area contributed by atoms with Crippen LogP contribution in [-0.4, -0.2) is 4.57 Å². The Morgan fingerprint density at radius 3 is 2.52 bits per heavy atom. The minimum atomic E-state index is 0.165. The van der Waals surface area contributed by atoms with Crippen molar-refractivity contribution < 1.29 is 0 Å². The lowest BCUT2D eigenvalue weighted by molar-refractivity contribution is 0.278. The lowest BCUT2D eigenvalue weighted by Crippen LogP contribution is -2.30. The van der Waals surface area contributed by atoms with E-state index in [1.54, 1.807) is 0 Å². The van der Waals surface area contributed by atoms with Gasteiger partial charge in [-0.25, -0.2) is 0 Å². The Labute approximate surface area is 128 Å². The summed E-state index contributed by atoms with van der Waals surface area (Å²) >= 11 is 0. The van der Waals surface area contributed by atoms with E-state index in [2.05, 4.69) is 62.6 Å². The third-order valence-corrected chi connectivity index (χ3v) is 4.74. The molecular weight excluding hydrogens is 256 g/mol. The molecule has 1 unspecified atom stereocenters. The minimum absolute atomic E-state index is 0.165. The van der Waals surface area contributed by atoms with Gasteiger partial charge in [0.25, 0.3) is 0 Å². The van der Waals surface area contributed by atoms with Crippen LogP contribution in [0.2, 0.25) is 0 Å². The molecule has 1 heterocycles. The van der Waals surface area contributed by atoms with E-state index in [0.29, 0.717) is 0 Å². The van der Waals surface area contributed by atoms with Crippen molar-refractivity contribution in [1.29, 1.82) is 0 Å². The Balaban J connectivity index is 2.11. The predicted molar refractivity (Wildman–Crippen MR) is 88.9 cm³/mol. The first-order valence-corrected chi connectivity index (χ1v) is 7.97. The van der Waals surface area contributed by atoms with Crippen LogP contribution in [0.1, 0.15) is 55.7 Å². The maximum absolute atomic E-state index is 6.41. The van der Waals surface area contributed by atoms with Crippen LogP contribution in [0.15, 0.2) is 30.3 Å². The summed E-state index contributed by atoms with van der Waals surface area (Å²) in [5.74, 6) is 0. The molecule has 1 atom stereocenters. The molecule has 0 bridgehead atoms. The highest BCUT2D eigenvalue weighted by atomic mass is 15.0. The molecule has 1 aromatic carbocycles. The first-order chi connectivity index (χ1) is 9.91. The second-order valence-corrected chi connectivity index (χ2v) is 7.19. The zero-order valence-corrected chi connectivity index (χ0v) is 13.6. The maximum Gasteiger partial charge on any atom is 0.0455 e. The number of hydrogen-bond donors (Lipinski definition) is 1. The molecule has 2 aromatic rings. The summed E-state index contributed by atoms with van der Waals surface area (Å²) in [6, 6.07) is 11.4. The molecule has 0 aliphatic heterocycles. The van der Waals surface area contributed by atoms with Crippen molar-refractivity contribution in [3.8, 4) is 5.69 Å². The van der Waals surface area contributed by atoms with Crippen molar-refractivity contribution in [1.82, 2.24) is 4.57 Å². The smallest absolute Gasteiger partial charge is 0.0455 e. The fourth-order valence-electron chi connectivity index (χ4n) is 3.69. The number of nitrogens with two attached hydrogens (primary N) is 1. The monoisotopic (exact) mass is 282 g/mol. The molecule has 0 saturated heterocycles. The average molecular weight is 282 g/mol. The summed E-state index contributed by atoms with van der Waals surface area (Å²) in [5, 5.41) is 0. The molecule has 21 heavy (non-hydrogen) atoms. The van der Waals surface area contributed by atoms with E-state index < -0.39 is 0 Å². The molecular formula is C19H26N2. The number of benzene rings is 1. The Morgan fingerprint density at radius 2 is 1.90 bits per heavy atom. The predicted octanol–water partition coefficient (Wildman–Crippen LogP) is 4.32. The minimum Gasteiger partial charge on any atom is -0.324 e. The van der Waals surface area contributed by atoms with Crippen LogP contribution < -0.4 is 5.73 Å². The van der Waals surface area contributed by atoms with Gasteiger partial charge in [0, 0.05) is 23.1 Å². The van der Waals surface area contributed by atoms with Crippen LogP contribution in [0, 0.1) is 12.3 Å². The molecule has 0 fully saturated rings. The molecule has 3 rings (SSSR count). The zero-order valence-electron chi connectivity index (χ0n) is 13.6. The highest BCUT2D eigenvalue weighted by Gasteiger charge is 2.33. The van der Waals surface area contributed by atoms with Crippen LogP contribution >= 0.6 is 0 Å². The second kappa shape index (κ2) is 5.03. The van der Waals surface area contributed by atoms with Crippen molar-refractivity contribution in [3.63, 3.8) is 0 Å². The molecule has 0 radical (unpaired) electrons. The average Bonchev–Trinajstić information content (AvgIpc) is 2.74. The van der Waals surface area contributed by atoms with Crippen molar-refractivity contribution in [2.75, 3.05) is 0 Å². The molecule has 2 N–H and O–H groups in total. The van der Waals surface area contributed by atoms with E-state index >= 15 is 0 Å². The lowest BCUT2D eigenvalue weighted by Gasteiger charge is -2.34. The number of aryl methyl sites for hydroxylation is 2. The largest absolute Gasteiger partial charge is 0.324 e. The van der Waals surface area contributed by atoms with E-state index in [1.165, 1.54) is 28.2 Å². The van der Waals surface area contributed by atoms with Crippen molar-refractivity contribution in [2.24, 2.45) is 11.1 Å². The number of fused-ring (bicyclic) bond motifs is 1. The van der Waals surface area contributed by atoms with Gasteiger partial charge >= 0.3 is 0 Å². The van der Waals surface area contributed by atoms with Gasteiger partial charge in [-0.3, -0.25) is 0 Å². The van der Waals surface area contributed by atoms with Crippen LogP contribution in [-0.2, 0) is 12.8 Å². The molecule has 1 aromatic heterocycles. The standard InChI is InChI=1S/C19H26N2/c1-5-14-6-8-15(9-7-14)21-13(2)10-16-17(20)11-19(3,4)12-18(16)21/h6-10,17H,5,11-12,20H2,1-4H3. The highest BCUT2D eigenvalue weighted by molar-refractivity contribution is 5.45. The molecule has 112 valence electrons. The quantitative estimate of drug-likeness (QED) is 0.873. The Morgan fingerprint density at radius 1 is 1.24 bits per heavy atom. The summed E-state index contributed by atoms with van der Waals surface area (Å²) in [6.45, 7) is 9.02. The van der Waals surface area contributed by atoms with Gasteiger partial charge < -0.3 is 10.3 Å². The first kappa shape index (κ1) is 14.4. The van der Waals surface area contributed by atoms with Gasteiger partial charge in [-0.05, 0) is 60.9 Å². The fourth-order valence-corrected chi connectivity index (χ4v) is 3.69. The number of nitrogens with zero attached hydrogens (tertiary/aromatic N) is 1. The van der Waals surface area contributed by atoms with Gasteiger partial charge in [0.15, 0.2) is 0 Å². The molecule has 0 amide bonds. The van der Waals surface area contributed by atoms with Crippen LogP contribution in [0.3, 0.4) is 0 Å². The number of aromatic nitrogens is 1. The topological polar surface area (TPSA) is 30.9 Å².